The van der Waals surface area contributed by atoms with Crippen LogP contribution >= 0.6 is 11.3 Å². The Balaban J connectivity index is 2.03. The molecule has 0 spiro atoms. The van der Waals surface area contributed by atoms with Crippen LogP contribution in [0.25, 0.3) is 0 Å². The van der Waals surface area contributed by atoms with Crippen molar-refractivity contribution in [1.29, 1.82) is 0 Å². The standard InChI is InChI=1S/C14H21N3O3S/c1-3-5-14(12(19)20)6-4-7-17(14)8-11(18)16-13-15-10(2)9-21-13/h9H,3-8H2,1-2H3,(H,19,20)(H,15,16,18). The zero-order chi connectivity index (χ0) is 15.5. The number of carbonyl (C=O) groups is 2. The zero-order valence-corrected chi connectivity index (χ0v) is 13.2. The Labute approximate surface area is 128 Å². The van der Waals surface area contributed by atoms with E-state index in [4.69, 9.17) is 0 Å². The Morgan fingerprint density at radius 3 is 2.90 bits per heavy atom. The van der Waals surface area contributed by atoms with Gasteiger partial charge in [-0.25, -0.2) is 4.98 Å². The number of hydrogen-bond acceptors (Lipinski definition) is 5. The third kappa shape index (κ3) is 3.41. The van der Waals surface area contributed by atoms with Crippen LogP contribution in [-0.4, -0.2) is 45.5 Å². The molecule has 1 saturated heterocycles. The Kier molecular flexibility index (Phi) is 4.95. The van der Waals surface area contributed by atoms with Crippen molar-refractivity contribution in [3.8, 4) is 0 Å². The predicted molar refractivity (Wildman–Crippen MR) is 81.6 cm³/mol. The van der Waals surface area contributed by atoms with Crippen LogP contribution in [0.1, 0.15) is 38.3 Å². The first kappa shape index (κ1) is 15.9. The highest BCUT2D eigenvalue weighted by atomic mass is 32.1. The third-order valence-corrected chi connectivity index (χ3v) is 4.76. The summed E-state index contributed by atoms with van der Waals surface area (Å²) in [6, 6.07) is 0. The van der Waals surface area contributed by atoms with Gasteiger partial charge in [0.05, 0.1) is 12.2 Å². The number of carbonyl (C=O) groups excluding carboxylic acids is 1. The lowest BCUT2D eigenvalue weighted by atomic mass is 9.90. The maximum Gasteiger partial charge on any atom is 0.324 e. The lowest BCUT2D eigenvalue weighted by Crippen LogP contribution is -2.52. The maximum absolute atomic E-state index is 12.1. The minimum Gasteiger partial charge on any atom is -0.480 e. The first-order valence-corrected chi connectivity index (χ1v) is 8.06. The van der Waals surface area contributed by atoms with Crippen LogP contribution in [-0.2, 0) is 9.59 Å². The quantitative estimate of drug-likeness (QED) is 0.841. The Hall–Kier alpha value is -1.47. The summed E-state index contributed by atoms with van der Waals surface area (Å²) >= 11 is 1.37. The summed E-state index contributed by atoms with van der Waals surface area (Å²) in [5, 5.41) is 14.8. The molecule has 0 saturated carbocycles. The molecular weight excluding hydrogens is 290 g/mol. The molecule has 1 amide bonds. The van der Waals surface area contributed by atoms with Gasteiger partial charge in [0, 0.05) is 5.38 Å². The highest BCUT2D eigenvalue weighted by Gasteiger charge is 2.47. The van der Waals surface area contributed by atoms with Gasteiger partial charge in [0.2, 0.25) is 5.91 Å². The van der Waals surface area contributed by atoms with Crippen molar-refractivity contribution in [2.24, 2.45) is 0 Å². The van der Waals surface area contributed by atoms with Gasteiger partial charge < -0.3 is 10.4 Å². The molecule has 0 aliphatic carbocycles. The Bertz CT molecular complexity index is 531. The third-order valence-electron chi connectivity index (χ3n) is 3.89. The number of aromatic nitrogens is 1. The zero-order valence-electron chi connectivity index (χ0n) is 12.4. The summed E-state index contributed by atoms with van der Waals surface area (Å²) in [4.78, 5) is 29.8. The molecule has 2 N–H and O–H groups in total. The van der Waals surface area contributed by atoms with Crippen LogP contribution < -0.4 is 5.32 Å². The van der Waals surface area contributed by atoms with Crippen molar-refractivity contribution in [2.45, 2.75) is 45.1 Å². The summed E-state index contributed by atoms with van der Waals surface area (Å²) in [5.41, 5.74) is -0.0208. The first-order chi connectivity index (χ1) is 9.98. The van der Waals surface area contributed by atoms with Crippen molar-refractivity contribution >= 4 is 28.3 Å². The highest BCUT2D eigenvalue weighted by Crippen LogP contribution is 2.33. The van der Waals surface area contributed by atoms with Gasteiger partial charge in [0.25, 0.3) is 0 Å². The molecule has 2 heterocycles. The van der Waals surface area contributed by atoms with Crippen molar-refractivity contribution < 1.29 is 14.7 Å². The molecular formula is C14H21N3O3S. The van der Waals surface area contributed by atoms with E-state index in [1.54, 1.807) is 4.90 Å². The molecule has 6 nitrogen and oxygen atoms in total. The van der Waals surface area contributed by atoms with Gasteiger partial charge in [-0.1, -0.05) is 13.3 Å². The van der Waals surface area contributed by atoms with E-state index in [0.717, 1.165) is 18.5 Å². The van der Waals surface area contributed by atoms with E-state index in [1.807, 2.05) is 19.2 Å². The Morgan fingerprint density at radius 2 is 2.33 bits per heavy atom. The molecule has 0 radical (unpaired) electrons. The van der Waals surface area contributed by atoms with Crippen molar-refractivity contribution in [3.05, 3.63) is 11.1 Å². The lowest BCUT2D eigenvalue weighted by molar-refractivity contribution is -0.150. The number of carboxylic acid groups (broad SMARTS) is 1. The maximum atomic E-state index is 12.1. The molecule has 1 fully saturated rings. The minimum absolute atomic E-state index is 0.102. The fourth-order valence-electron chi connectivity index (χ4n) is 2.95. The number of nitrogens with zero attached hydrogens (tertiary/aromatic N) is 2. The van der Waals surface area contributed by atoms with Crippen molar-refractivity contribution in [3.63, 3.8) is 0 Å². The number of amides is 1. The van der Waals surface area contributed by atoms with Crippen molar-refractivity contribution in [2.75, 3.05) is 18.4 Å². The van der Waals surface area contributed by atoms with E-state index < -0.39 is 11.5 Å². The van der Waals surface area contributed by atoms with Gasteiger partial charge >= 0.3 is 5.97 Å². The molecule has 7 heteroatoms. The molecule has 1 aliphatic heterocycles. The molecule has 2 rings (SSSR count). The van der Waals surface area contributed by atoms with E-state index >= 15 is 0 Å². The number of likely N-dealkylation sites (tertiary alicyclic amines) is 1. The number of aliphatic carboxylic acids is 1. The largest absolute Gasteiger partial charge is 0.480 e. The summed E-state index contributed by atoms with van der Waals surface area (Å²) in [6.07, 6.45) is 2.79. The molecule has 0 bridgehead atoms. The topological polar surface area (TPSA) is 82.5 Å². The molecule has 1 unspecified atom stereocenters. The van der Waals surface area contributed by atoms with Gasteiger partial charge in [0.1, 0.15) is 5.54 Å². The summed E-state index contributed by atoms with van der Waals surface area (Å²) in [5.74, 6) is -1.02. The molecule has 0 aromatic carbocycles. The molecule has 21 heavy (non-hydrogen) atoms. The van der Waals surface area contributed by atoms with E-state index in [1.165, 1.54) is 11.3 Å². The van der Waals surface area contributed by atoms with E-state index in [0.29, 0.717) is 24.5 Å². The van der Waals surface area contributed by atoms with Crippen LogP contribution in [0.5, 0.6) is 0 Å². The number of carboxylic acids is 1. The molecule has 1 aliphatic rings. The van der Waals surface area contributed by atoms with E-state index in [9.17, 15) is 14.7 Å². The van der Waals surface area contributed by atoms with Gasteiger partial charge in [-0.05, 0) is 32.7 Å². The number of nitrogens with one attached hydrogen (secondary N) is 1. The SMILES string of the molecule is CCCC1(C(=O)O)CCCN1CC(=O)Nc1nc(C)cs1. The van der Waals surface area contributed by atoms with Crippen molar-refractivity contribution in [1.82, 2.24) is 9.88 Å². The van der Waals surface area contributed by atoms with Crippen LogP contribution in [0, 0.1) is 6.92 Å². The number of rotatable bonds is 6. The number of anilines is 1. The lowest BCUT2D eigenvalue weighted by Gasteiger charge is -2.34. The number of hydrogen-bond donors (Lipinski definition) is 2. The van der Waals surface area contributed by atoms with Crippen LogP contribution in [0.3, 0.4) is 0 Å². The van der Waals surface area contributed by atoms with Gasteiger partial charge in [-0.2, -0.15) is 0 Å². The normalized spacial score (nSPS) is 22.4. The highest BCUT2D eigenvalue weighted by molar-refractivity contribution is 7.13. The van der Waals surface area contributed by atoms with Gasteiger partial charge in [-0.15, -0.1) is 11.3 Å². The summed E-state index contributed by atoms with van der Waals surface area (Å²) < 4.78 is 0. The predicted octanol–water partition coefficient (Wildman–Crippen LogP) is 2.11. The summed E-state index contributed by atoms with van der Waals surface area (Å²) in [6.45, 7) is 4.59. The average Bonchev–Trinajstić information content (AvgIpc) is 2.98. The van der Waals surface area contributed by atoms with E-state index in [-0.39, 0.29) is 12.5 Å². The monoisotopic (exact) mass is 311 g/mol. The molecule has 1 aromatic heterocycles. The molecule has 1 aromatic rings. The van der Waals surface area contributed by atoms with Crippen LogP contribution in [0.4, 0.5) is 5.13 Å². The second kappa shape index (κ2) is 6.53. The second-order valence-electron chi connectivity index (χ2n) is 5.45. The minimum atomic E-state index is -0.884. The fourth-order valence-corrected chi connectivity index (χ4v) is 3.66. The second-order valence-corrected chi connectivity index (χ2v) is 6.31. The number of aryl methyl sites for hydroxylation is 1. The Morgan fingerprint density at radius 1 is 1.57 bits per heavy atom. The fraction of sp³-hybridized carbons (Fsp3) is 0.643. The van der Waals surface area contributed by atoms with Gasteiger partial charge in [-0.3, -0.25) is 14.5 Å². The van der Waals surface area contributed by atoms with E-state index in [2.05, 4.69) is 10.3 Å². The summed E-state index contributed by atoms with van der Waals surface area (Å²) in [7, 11) is 0. The smallest absolute Gasteiger partial charge is 0.324 e. The molecule has 116 valence electrons. The molecule has 1 atom stereocenters. The number of thiazole rings is 1. The van der Waals surface area contributed by atoms with Crippen LogP contribution in [0.2, 0.25) is 0 Å². The first-order valence-electron chi connectivity index (χ1n) is 7.18. The van der Waals surface area contributed by atoms with Crippen LogP contribution in [0.15, 0.2) is 5.38 Å². The average molecular weight is 311 g/mol. The van der Waals surface area contributed by atoms with Gasteiger partial charge in [0.15, 0.2) is 5.13 Å².